The summed E-state index contributed by atoms with van der Waals surface area (Å²) in [5, 5.41) is 16.4. The van der Waals surface area contributed by atoms with Crippen LogP contribution in [0.15, 0.2) is 67.0 Å². The maximum Gasteiger partial charge on any atom is 0.255 e. The molecule has 0 saturated carbocycles. The number of hydrogen-bond acceptors (Lipinski definition) is 4. The fourth-order valence-corrected chi connectivity index (χ4v) is 2.64. The highest BCUT2D eigenvalue weighted by Crippen LogP contribution is 2.24. The van der Waals surface area contributed by atoms with E-state index in [0.29, 0.717) is 23.4 Å². The Morgan fingerprint density at radius 3 is 2.69 bits per heavy atom. The van der Waals surface area contributed by atoms with Crippen LogP contribution in [0.2, 0.25) is 0 Å². The number of hydrogen-bond donors (Lipinski definition) is 1. The van der Waals surface area contributed by atoms with E-state index in [1.54, 1.807) is 29.1 Å². The number of carbonyl (C=O) groups excluding carboxylic acids is 1. The Hall–Kier alpha value is -3.59. The predicted molar refractivity (Wildman–Crippen MR) is 96.6 cm³/mol. The Kier molecular flexibility index (Phi) is 5.30. The number of benzene rings is 2. The number of nitrogens with zero attached hydrogens (tertiary/aromatic N) is 3. The van der Waals surface area contributed by atoms with Gasteiger partial charge in [-0.05, 0) is 11.6 Å². The molecule has 0 spiro atoms. The van der Waals surface area contributed by atoms with Gasteiger partial charge in [0.1, 0.15) is 11.8 Å². The van der Waals surface area contributed by atoms with Crippen molar-refractivity contribution in [3.05, 3.63) is 83.7 Å². The van der Waals surface area contributed by atoms with Gasteiger partial charge in [0.2, 0.25) is 0 Å². The van der Waals surface area contributed by atoms with E-state index in [1.807, 2.05) is 36.4 Å². The summed E-state index contributed by atoms with van der Waals surface area (Å²) < 4.78 is 6.96. The highest BCUT2D eigenvalue weighted by atomic mass is 16.5. The number of amides is 1. The Bertz CT molecular complexity index is 928. The lowest BCUT2D eigenvalue weighted by molar-refractivity contribution is 0.0944. The van der Waals surface area contributed by atoms with Gasteiger partial charge in [-0.15, -0.1) is 0 Å². The normalized spacial score (nSPS) is 11.4. The molecule has 6 nitrogen and oxygen atoms in total. The largest absolute Gasteiger partial charge is 0.496 e. The van der Waals surface area contributed by atoms with E-state index >= 15 is 0 Å². The van der Waals surface area contributed by atoms with Crippen molar-refractivity contribution in [2.75, 3.05) is 7.11 Å². The van der Waals surface area contributed by atoms with Crippen LogP contribution >= 0.6 is 0 Å². The smallest absolute Gasteiger partial charge is 0.255 e. The Morgan fingerprint density at radius 2 is 1.96 bits per heavy atom. The van der Waals surface area contributed by atoms with Crippen LogP contribution in [-0.4, -0.2) is 22.8 Å². The van der Waals surface area contributed by atoms with Crippen molar-refractivity contribution in [1.82, 2.24) is 15.1 Å². The molecule has 1 aromatic heterocycles. The SMILES string of the molecule is COc1ccccc1[C@H](C#N)NC(=O)c1cnn(Cc2ccccc2)c1. The third-order valence-corrected chi connectivity index (χ3v) is 3.94. The summed E-state index contributed by atoms with van der Waals surface area (Å²) >= 11 is 0. The third kappa shape index (κ3) is 3.90. The molecule has 2 aromatic carbocycles. The molecule has 0 aliphatic rings. The Balaban J connectivity index is 1.72. The average Bonchev–Trinajstić information content (AvgIpc) is 3.15. The van der Waals surface area contributed by atoms with Crippen LogP contribution in [0, 0.1) is 11.3 Å². The second-order valence-corrected chi connectivity index (χ2v) is 5.69. The number of nitriles is 1. The van der Waals surface area contributed by atoms with Gasteiger partial charge in [0.25, 0.3) is 5.91 Å². The second-order valence-electron chi connectivity index (χ2n) is 5.69. The Labute approximate surface area is 151 Å². The molecule has 1 amide bonds. The number of ether oxygens (including phenoxy) is 1. The van der Waals surface area contributed by atoms with Crippen LogP contribution in [0.1, 0.15) is 27.5 Å². The van der Waals surface area contributed by atoms with Gasteiger partial charge in [-0.2, -0.15) is 10.4 Å². The topological polar surface area (TPSA) is 79.9 Å². The molecule has 6 heteroatoms. The van der Waals surface area contributed by atoms with Gasteiger partial charge in [0.05, 0.1) is 31.5 Å². The molecular formula is C20H18N4O2. The lowest BCUT2D eigenvalue weighted by Gasteiger charge is -2.14. The molecule has 0 unspecified atom stereocenters. The fourth-order valence-electron chi connectivity index (χ4n) is 2.64. The summed E-state index contributed by atoms with van der Waals surface area (Å²) in [5.41, 5.74) is 2.10. The van der Waals surface area contributed by atoms with Gasteiger partial charge in [-0.1, -0.05) is 48.5 Å². The van der Waals surface area contributed by atoms with Crippen LogP contribution in [0.4, 0.5) is 0 Å². The maximum atomic E-state index is 12.5. The second kappa shape index (κ2) is 7.99. The summed E-state index contributed by atoms with van der Waals surface area (Å²) in [4.78, 5) is 12.5. The number of para-hydroxylation sites is 1. The zero-order valence-corrected chi connectivity index (χ0v) is 14.3. The first-order valence-corrected chi connectivity index (χ1v) is 8.11. The van der Waals surface area contributed by atoms with Gasteiger partial charge in [0.15, 0.2) is 0 Å². The van der Waals surface area contributed by atoms with Crippen molar-refractivity contribution in [2.24, 2.45) is 0 Å². The minimum absolute atomic E-state index is 0.359. The van der Waals surface area contributed by atoms with Crippen LogP contribution < -0.4 is 10.1 Å². The molecular weight excluding hydrogens is 328 g/mol. The number of aromatic nitrogens is 2. The van der Waals surface area contributed by atoms with Gasteiger partial charge >= 0.3 is 0 Å². The monoisotopic (exact) mass is 346 g/mol. The van der Waals surface area contributed by atoms with Gasteiger partial charge in [0, 0.05) is 11.8 Å². The van der Waals surface area contributed by atoms with E-state index in [2.05, 4.69) is 16.5 Å². The van der Waals surface area contributed by atoms with Crippen molar-refractivity contribution in [2.45, 2.75) is 12.6 Å². The summed E-state index contributed by atoms with van der Waals surface area (Å²) in [6.45, 7) is 0.572. The summed E-state index contributed by atoms with van der Waals surface area (Å²) in [7, 11) is 1.53. The first-order chi connectivity index (χ1) is 12.7. The van der Waals surface area contributed by atoms with Crippen LogP contribution in [0.5, 0.6) is 5.75 Å². The highest BCUT2D eigenvalue weighted by molar-refractivity contribution is 5.94. The lowest BCUT2D eigenvalue weighted by Crippen LogP contribution is -2.27. The third-order valence-electron chi connectivity index (χ3n) is 3.94. The van der Waals surface area contributed by atoms with E-state index in [-0.39, 0.29) is 5.91 Å². The molecule has 0 bridgehead atoms. The van der Waals surface area contributed by atoms with Crippen molar-refractivity contribution in [3.63, 3.8) is 0 Å². The quantitative estimate of drug-likeness (QED) is 0.744. The zero-order chi connectivity index (χ0) is 18.4. The number of rotatable bonds is 6. The molecule has 26 heavy (non-hydrogen) atoms. The molecule has 1 N–H and O–H groups in total. The van der Waals surface area contributed by atoms with Crippen molar-refractivity contribution >= 4 is 5.91 Å². The van der Waals surface area contributed by atoms with Gasteiger partial charge in [-0.3, -0.25) is 9.48 Å². The molecule has 0 aliphatic carbocycles. The van der Waals surface area contributed by atoms with E-state index in [9.17, 15) is 10.1 Å². The molecule has 3 rings (SSSR count). The summed E-state index contributed by atoms with van der Waals surface area (Å²) in [6.07, 6.45) is 3.16. The highest BCUT2D eigenvalue weighted by Gasteiger charge is 2.19. The summed E-state index contributed by atoms with van der Waals surface area (Å²) in [6, 6.07) is 18.3. The number of methoxy groups -OCH3 is 1. The molecule has 0 saturated heterocycles. The fraction of sp³-hybridized carbons (Fsp3) is 0.150. The van der Waals surface area contributed by atoms with Gasteiger partial charge in [-0.25, -0.2) is 0 Å². The molecule has 1 heterocycles. The number of carbonyl (C=O) groups is 1. The first-order valence-electron chi connectivity index (χ1n) is 8.11. The van der Waals surface area contributed by atoms with Crippen molar-refractivity contribution < 1.29 is 9.53 Å². The standard InChI is InChI=1S/C20H18N4O2/c1-26-19-10-6-5-9-17(19)18(11-21)23-20(25)16-12-22-24(14-16)13-15-7-3-2-4-8-15/h2-10,12,14,18H,13H2,1H3,(H,23,25)/t18-/m0/s1. The molecule has 1 atom stereocenters. The molecule has 3 aromatic rings. The van der Waals surface area contributed by atoms with Crippen molar-refractivity contribution in [1.29, 1.82) is 5.26 Å². The molecule has 0 radical (unpaired) electrons. The van der Waals surface area contributed by atoms with Crippen LogP contribution in [0.25, 0.3) is 0 Å². The van der Waals surface area contributed by atoms with Crippen LogP contribution in [0.3, 0.4) is 0 Å². The van der Waals surface area contributed by atoms with E-state index in [4.69, 9.17) is 4.74 Å². The van der Waals surface area contributed by atoms with E-state index < -0.39 is 6.04 Å². The first kappa shape index (κ1) is 17.2. The minimum Gasteiger partial charge on any atom is -0.496 e. The number of nitrogens with one attached hydrogen (secondary N) is 1. The maximum absolute atomic E-state index is 12.5. The predicted octanol–water partition coefficient (Wildman–Crippen LogP) is 2.93. The summed E-state index contributed by atoms with van der Waals surface area (Å²) in [5.74, 6) is 0.195. The Morgan fingerprint density at radius 1 is 1.23 bits per heavy atom. The molecule has 0 aliphatic heterocycles. The molecule has 0 fully saturated rings. The van der Waals surface area contributed by atoms with E-state index in [0.717, 1.165) is 5.56 Å². The van der Waals surface area contributed by atoms with Gasteiger partial charge < -0.3 is 10.1 Å². The van der Waals surface area contributed by atoms with E-state index in [1.165, 1.54) is 13.3 Å². The van der Waals surface area contributed by atoms with Crippen LogP contribution in [-0.2, 0) is 6.54 Å². The minimum atomic E-state index is -0.809. The zero-order valence-electron chi connectivity index (χ0n) is 14.3. The lowest BCUT2D eigenvalue weighted by atomic mass is 10.1. The molecule has 130 valence electrons. The average molecular weight is 346 g/mol. The van der Waals surface area contributed by atoms with Crippen molar-refractivity contribution in [3.8, 4) is 11.8 Å².